The molecule has 0 atom stereocenters. The van der Waals surface area contributed by atoms with E-state index in [9.17, 15) is 0 Å². The lowest BCUT2D eigenvalue weighted by molar-refractivity contribution is 0.236. The van der Waals surface area contributed by atoms with Crippen LogP contribution in [0.15, 0.2) is 0 Å². The fourth-order valence-electron chi connectivity index (χ4n) is 2.97. The van der Waals surface area contributed by atoms with Gasteiger partial charge in [0, 0.05) is 0 Å². The van der Waals surface area contributed by atoms with Crippen LogP contribution in [0.1, 0.15) is 51.4 Å². The van der Waals surface area contributed by atoms with Gasteiger partial charge in [-0.25, -0.2) is 0 Å². The molecule has 0 aliphatic heterocycles. The SMILES string of the molecule is C1CC1C1CCC2(CC1)CC2. The molecule has 0 N–H and O–H groups in total. The first kappa shape index (κ1) is 6.51. The first-order chi connectivity index (χ1) is 5.38. The van der Waals surface area contributed by atoms with Crippen molar-refractivity contribution in [3.8, 4) is 0 Å². The molecule has 0 heteroatoms. The molecule has 1 spiro atoms. The topological polar surface area (TPSA) is 0 Å². The quantitative estimate of drug-likeness (QED) is 0.537. The van der Waals surface area contributed by atoms with Crippen LogP contribution in [0.2, 0.25) is 0 Å². The van der Waals surface area contributed by atoms with Gasteiger partial charge in [0.2, 0.25) is 0 Å². The zero-order chi connectivity index (χ0) is 7.31. The molecular weight excluding hydrogens is 132 g/mol. The molecule has 0 heterocycles. The summed E-state index contributed by atoms with van der Waals surface area (Å²) in [5.41, 5.74) is 0.922. The molecule has 3 fully saturated rings. The highest BCUT2D eigenvalue weighted by atomic mass is 14.5. The van der Waals surface area contributed by atoms with E-state index in [2.05, 4.69) is 0 Å². The highest BCUT2D eigenvalue weighted by molar-refractivity contribution is 4.98. The van der Waals surface area contributed by atoms with E-state index < -0.39 is 0 Å². The molecule has 0 amide bonds. The summed E-state index contributed by atoms with van der Waals surface area (Å²) in [6.07, 6.45) is 12.6. The maximum absolute atomic E-state index is 1.59. The fraction of sp³-hybridized carbons (Fsp3) is 1.00. The minimum atomic E-state index is 0.922. The third kappa shape index (κ3) is 1.11. The lowest BCUT2D eigenvalue weighted by atomic mass is 9.78. The highest BCUT2D eigenvalue weighted by Crippen LogP contribution is 2.59. The van der Waals surface area contributed by atoms with Crippen molar-refractivity contribution in [2.75, 3.05) is 0 Å². The second kappa shape index (κ2) is 2.02. The van der Waals surface area contributed by atoms with Crippen LogP contribution in [0, 0.1) is 17.3 Å². The van der Waals surface area contributed by atoms with E-state index in [1.54, 1.807) is 51.4 Å². The third-order valence-corrected chi connectivity index (χ3v) is 4.34. The molecule has 0 saturated heterocycles. The van der Waals surface area contributed by atoms with Crippen molar-refractivity contribution >= 4 is 0 Å². The molecule has 3 rings (SSSR count). The van der Waals surface area contributed by atoms with Gasteiger partial charge in [-0.05, 0) is 68.6 Å². The number of rotatable bonds is 1. The second-order valence-electron chi connectivity index (χ2n) is 5.17. The van der Waals surface area contributed by atoms with Gasteiger partial charge in [0.15, 0.2) is 0 Å². The summed E-state index contributed by atoms with van der Waals surface area (Å²) in [6, 6.07) is 0. The van der Waals surface area contributed by atoms with Crippen molar-refractivity contribution in [3.05, 3.63) is 0 Å². The Morgan fingerprint density at radius 3 is 1.64 bits per heavy atom. The van der Waals surface area contributed by atoms with Gasteiger partial charge >= 0.3 is 0 Å². The Kier molecular flexibility index (Phi) is 1.20. The zero-order valence-corrected chi connectivity index (χ0v) is 7.31. The van der Waals surface area contributed by atoms with Crippen LogP contribution >= 0.6 is 0 Å². The Labute approximate surface area is 69.4 Å². The standard InChI is InChI=1S/C11H18/c1-2-9(1)10-3-5-11(6-4-10)7-8-11/h9-10H,1-8H2. The molecule has 0 aromatic carbocycles. The average Bonchev–Trinajstić information content (AvgIpc) is 2.86. The predicted octanol–water partition coefficient (Wildman–Crippen LogP) is 3.37. The molecule has 0 nitrogen and oxygen atoms in total. The summed E-state index contributed by atoms with van der Waals surface area (Å²) < 4.78 is 0. The van der Waals surface area contributed by atoms with Gasteiger partial charge in [-0.3, -0.25) is 0 Å². The lowest BCUT2D eigenvalue weighted by Crippen LogP contribution is -2.16. The van der Waals surface area contributed by atoms with E-state index in [1.807, 2.05) is 0 Å². The molecule has 0 radical (unpaired) electrons. The monoisotopic (exact) mass is 150 g/mol. The average molecular weight is 150 g/mol. The van der Waals surface area contributed by atoms with Crippen LogP contribution in [0.4, 0.5) is 0 Å². The molecule has 3 aliphatic rings. The van der Waals surface area contributed by atoms with Crippen molar-refractivity contribution in [3.63, 3.8) is 0 Å². The normalized spacial score (nSPS) is 36.0. The summed E-state index contributed by atoms with van der Waals surface area (Å²) in [4.78, 5) is 0. The first-order valence-electron chi connectivity index (χ1n) is 5.38. The predicted molar refractivity (Wildman–Crippen MR) is 46.3 cm³/mol. The Morgan fingerprint density at radius 1 is 0.636 bits per heavy atom. The summed E-state index contributed by atoms with van der Waals surface area (Å²) in [6.45, 7) is 0. The second-order valence-corrected chi connectivity index (χ2v) is 5.17. The molecule has 11 heavy (non-hydrogen) atoms. The maximum Gasteiger partial charge on any atom is -0.0297 e. The van der Waals surface area contributed by atoms with Gasteiger partial charge < -0.3 is 0 Å². The van der Waals surface area contributed by atoms with Crippen LogP contribution in [-0.4, -0.2) is 0 Å². The van der Waals surface area contributed by atoms with Crippen LogP contribution in [0.3, 0.4) is 0 Å². The van der Waals surface area contributed by atoms with E-state index in [4.69, 9.17) is 0 Å². The zero-order valence-electron chi connectivity index (χ0n) is 7.31. The van der Waals surface area contributed by atoms with Gasteiger partial charge in [-0.2, -0.15) is 0 Å². The Bertz CT molecular complexity index is 153. The van der Waals surface area contributed by atoms with E-state index in [-0.39, 0.29) is 0 Å². The van der Waals surface area contributed by atoms with E-state index in [0.717, 1.165) is 5.41 Å². The van der Waals surface area contributed by atoms with Crippen molar-refractivity contribution < 1.29 is 0 Å². The first-order valence-corrected chi connectivity index (χ1v) is 5.38. The molecule has 0 bridgehead atoms. The van der Waals surface area contributed by atoms with Gasteiger partial charge in [0.05, 0.1) is 0 Å². The van der Waals surface area contributed by atoms with Gasteiger partial charge in [-0.15, -0.1) is 0 Å². The van der Waals surface area contributed by atoms with Crippen LogP contribution < -0.4 is 0 Å². The Balaban J connectivity index is 1.59. The van der Waals surface area contributed by atoms with Crippen molar-refractivity contribution in [1.82, 2.24) is 0 Å². The summed E-state index contributed by atoms with van der Waals surface area (Å²) >= 11 is 0. The van der Waals surface area contributed by atoms with Gasteiger partial charge in [0.1, 0.15) is 0 Å². The van der Waals surface area contributed by atoms with Crippen LogP contribution in [0.5, 0.6) is 0 Å². The number of hydrogen-bond acceptors (Lipinski definition) is 0. The summed E-state index contributed by atoms with van der Waals surface area (Å²) in [7, 11) is 0. The molecule has 62 valence electrons. The summed E-state index contributed by atoms with van der Waals surface area (Å²) in [5, 5.41) is 0. The van der Waals surface area contributed by atoms with Crippen LogP contribution in [-0.2, 0) is 0 Å². The molecule has 3 saturated carbocycles. The highest BCUT2D eigenvalue weighted by Gasteiger charge is 2.46. The fourth-order valence-corrected chi connectivity index (χ4v) is 2.97. The van der Waals surface area contributed by atoms with E-state index in [0.29, 0.717) is 0 Å². The number of hydrogen-bond donors (Lipinski definition) is 0. The smallest absolute Gasteiger partial charge is 0.0297 e. The molecule has 0 aromatic rings. The van der Waals surface area contributed by atoms with Crippen molar-refractivity contribution in [2.24, 2.45) is 17.3 Å². The minimum absolute atomic E-state index is 0.922. The Hall–Kier alpha value is 0. The van der Waals surface area contributed by atoms with Crippen molar-refractivity contribution in [2.45, 2.75) is 51.4 Å². The third-order valence-electron chi connectivity index (χ3n) is 4.34. The van der Waals surface area contributed by atoms with E-state index >= 15 is 0 Å². The maximum atomic E-state index is 1.59. The lowest BCUT2D eigenvalue weighted by Gasteiger charge is -2.28. The van der Waals surface area contributed by atoms with Gasteiger partial charge in [-0.1, -0.05) is 0 Å². The molecular formula is C11H18. The van der Waals surface area contributed by atoms with Crippen LogP contribution in [0.25, 0.3) is 0 Å². The van der Waals surface area contributed by atoms with Gasteiger partial charge in [0.25, 0.3) is 0 Å². The molecule has 0 aromatic heterocycles. The Morgan fingerprint density at radius 2 is 1.18 bits per heavy atom. The molecule has 0 unspecified atom stereocenters. The van der Waals surface area contributed by atoms with Crippen molar-refractivity contribution in [1.29, 1.82) is 0 Å². The minimum Gasteiger partial charge on any atom is -0.0499 e. The largest absolute Gasteiger partial charge is 0.0499 e. The van der Waals surface area contributed by atoms with E-state index in [1.165, 1.54) is 11.8 Å². The summed E-state index contributed by atoms with van der Waals surface area (Å²) in [5.74, 6) is 2.35. The molecule has 3 aliphatic carbocycles.